The van der Waals surface area contributed by atoms with Crippen LogP contribution < -0.4 is 0 Å². The summed E-state index contributed by atoms with van der Waals surface area (Å²) in [6.07, 6.45) is -0.333. The molecule has 3 atom stereocenters. The Labute approximate surface area is 53.9 Å². The maximum atomic E-state index is 8.91. The zero-order valence-electron chi connectivity index (χ0n) is 5.57. The van der Waals surface area contributed by atoms with Crippen molar-refractivity contribution >= 4 is 0 Å². The minimum Gasteiger partial charge on any atom is -0.392 e. The molecule has 9 heavy (non-hydrogen) atoms. The number of rotatable bonds is 3. The third kappa shape index (κ3) is 1.62. The van der Waals surface area contributed by atoms with E-state index in [1.807, 2.05) is 0 Å². The van der Waals surface area contributed by atoms with E-state index in [1.165, 1.54) is 7.11 Å². The molecule has 3 unspecified atom stereocenters. The van der Waals surface area contributed by atoms with Crippen molar-refractivity contribution < 1.29 is 15.0 Å². The largest absolute Gasteiger partial charge is 0.392 e. The molecule has 0 radical (unpaired) electrons. The highest BCUT2D eigenvalue weighted by atomic mass is 17.3. The molecule has 0 aliphatic carbocycles. The average Bonchev–Trinajstić information content (AvgIpc) is 2.47. The van der Waals surface area contributed by atoms with E-state index in [0.717, 1.165) is 6.54 Å². The van der Waals surface area contributed by atoms with Gasteiger partial charge in [-0.1, -0.05) is 0 Å². The molecule has 1 heterocycles. The van der Waals surface area contributed by atoms with Crippen LogP contribution in [-0.2, 0) is 9.88 Å². The molecule has 1 saturated heterocycles. The van der Waals surface area contributed by atoms with Crippen LogP contribution in [0.4, 0.5) is 0 Å². The molecule has 1 fully saturated rings. The molecular weight excluding hydrogens is 122 g/mol. The van der Waals surface area contributed by atoms with Gasteiger partial charge in [0.2, 0.25) is 0 Å². The van der Waals surface area contributed by atoms with Crippen LogP contribution >= 0.6 is 0 Å². The van der Waals surface area contributed by atoms with Crippen molar-refractivity contribution in [3.8, 4) is 0 Å². The quantitative estimate of drug-likeness (QED) is 0.321. The molecule has 0 spiro atoms. The van der Waals surface area contributed by atoms with Gasteiger partial charge in [0, 0.05) is 6.54 Å². The van der Waals surface area contributed by atoms with Crippen LogP contribution in [0.1, 0.15) is 6.92 Å². The first-order valence-corrected chi connectivity index (χ1v) is 2.91. The summed E-state index contributed by atoms with van der Waals surface area (Å²) in [4.78, 5) is 8.96. The molecule has 1 rings (SSSR count). The Morgan fingerprint density at radius 3 is 2.78 bits per heavy atom. The van der Waals surface area contributed by atoms with Crippen LogP contribution in [0, 0.1) is 0 Å². The smallest absolute Gasteiger partial charge is 0.0791 e. The Balaban J connectivity index is 2.09. The summed E-state index contributed by atoms with van der Waals surface area (Å²) < 4.78 is 0. The zero-order valence-corrected chi connectivity index (χ0v) is 5.57. The van der Waals surface area contributed by atoms with Crippen LogP contribution in [0.5, 0.6) is 0 Å². The number of aliphatic hydroxyl groups excluding tert-OH is 1. The monoisotopic (exact) mass is 133 g/mol. The van der Waals surface area contributed by atoms with Gasteiger partial charge in [0.15, 0.2) is 0 Å². The lowest BCUT2D eigenvalue weighted by Crippen LogP contribution is -2.14. The number of aliphatic hydroxyl groups is 1. The maximum absolute atomic E-state index is 8.91. The molecule has 0 aromatic carbocycles. The number of hydrogen-bond donors (Lipinski definition) is 1. The van der Waals surface area contributed by atoms with Crippen LogP contribution in [-0.4, -0.2) is 36.0 Å². The number of nitrogens with zero attached hydrogens (tertiary/aromatic N) is 1. The third-order valence-corrected chi connectivity index (χ3v) is 1.33. The maximum Gasteiger partial charge on any atom is 0.0791 e. The second kappa shape index (κ2) is 2.62. The van der Waals surface area contributed by atoms with Crippen LogP contribution in [0.15, 0.2) is 0 Å². The fraction of sp³-hybridized carbons (Fsp3) is 1.00. The average molecular weight is 133 g/mol. The molecule has 0 saturated carbocycles. The van der Waals surface area contributed by atoms with E-state index in [2.05, 4.69) is 9.88 Å². The molecule has 54 valence electrons. The first-order chi connectivity index (χ1) is 4.25. The highest BCUT2D eigenvalue weighted by molar-refractivity contribution is 4.86. The summed E-state index contributed by atoms with van der Waals surface area (Å²) in [5, 5.41) is 10.5. The van der Waals surface area contributed by atoms with Gasteiger partial charge in [-0.05, 0) is 6.92 Å². The van der Waals surface area contributed by atoms with Gasteiger partial charge in [-0.25, -0.2) is 4.89 Å². The Kier molecular flexibility index (Phi) is 2.02. The first-order valence-electron chi connectivity index (χ1n) is 2.91. The van der Waals surface area contributed by atoms with Gasteiger partial charge >= 0.3 is 0 Å². The fourth-order valence-corrected chi connectivity index (χ4v) is 0.712. The van der Waals surface area contributed by atoms with E-state index < -0.39 is 0 Å². The van der Waals surface area contributed by atoms with Crippen molar-refractivity contribution in [1.82, 2.24) is 5.06 Å². The zero-order chi connectivity index (χ0) is 6.85. The van der Waals surface area contributed by atoms with Gasteiger partial charge in [-0.3, -0.25) is 0 Å². The second-order valence-electron chi connectivity index (χ2n) is 2.15. The van der Waals surface area contributed by atoms with E-state index in [1.54, 1.807) is 12.0 Å². The molecule has 1 aliphatic rings. The molecule has 4 nitrogen and oxygen atoms in total. The Morgan fingerprint density at radius 2 is 2.44 bits per heavy atom. The topological polar surface area (TPSA) is 41.7 Å². The van der Waals surface area contributed by atoms with E-state index in [4.69, 9.17) is 5.11 Å². The lowest BCUT2D eigenvalue weighted by Gasteiger charge is -2.01. The molecule has 0 bridgehead atoms. The van der Waals surface area contributed by atoms with E-state index >= 15 is 0 Å². The van der Waals surface area contributed by atoms with Crippen LogP contribution in [0.3, 0.4) is 0 Å². The first kappa shape index (κ1) is 6.95. The van der Waals surface area contributed by atoms with Crippen LogP contribution in [0.25, 0.3) is 0 Å². The summed E-state index contributed by atoms with van der Waals surface area (Å²) >= 11 is 0. The molecule has 4 heteroatoms. The van der Waals surface area contributed by atoms with E-state index in [0.29, 0.717) is 0 Å². The molecule has 0 aromatic rings. The van der Waals surface area contributed by atoms with E-state index in [9.17, 15) is 0 Å². The summed E-state index contributed by atoms with van der Waals surface area (Å²) in [5.41, 5.74) is 0. The van der Waals surface area contributed by atoms with Gasteiger partial charge in [0.05, 0.1) is 19.3 Å². The van der Waals surface area contributed by atoms with Crippen molar-refractivity contribution in [2.75, 3.05) is 13.7 Å². The molecule has 1 aliphatic heterocycles. The minimum absolute atomic E-state index is 0.130. The normalized spacial score (nSPS) is 36.3. The summed E-state index contributed by atoms with van der Waals surface area (Å²) in [6, 6.07) is 0.130. The number of hydrogen-bond acceptors (Lipinski definition) is 4. The van der Waals surface area contributed by atoms with Crippen molar-refractivity contribution in [3.05, 3.63) is 0 Å². The fourth-order valence-electron chi connectivity index (χ4n) is 0.712. The third-order valence-electron chi connectivity index (χ3n) is 1.33. The van der Waals surface area contributed by atoms with Crippen molar-refractivity contribution in [2.45, 2.75) is 19.1 Å². The Morgan fingerprint density at radius 1 is 1.78 bits per heavy atom. The predicted molar refractivity (Wildman–Crippen MR) is 30.3 cm³/mol. The van der Waals surface area contributed by atoms with E-state index in [-0.39, 0.29) is 12.1 Å². The summed E-state index contributed by atoms with van der Waals surface area (Å²) in [7, 11) is 1.44. The highest BCUT2D eigenvalue weighted by Gasteiger charge is 2.40. The molecule has 1 N–H and O–H groups in total. The van der Waals surface area contributed by atoms with Gasteiger partial charge in [0.25, 0.3) is 0 Å². The lowest BCUT2D eigenvalue weighted by atomic mass is 10.3. The van der Waals surface area contributed by atoms with Gasteiger partial charge in [-0.2, -0.15) is 0 Å². The molecule has 0 aromatic heterocycles. The van der Waals surface area contributed by atoms with Crippen molar-refractivity contribution in [1.29, 1.82) is 0 Å². The van der Waals surface area contributed by atoms with Crippen molar-refractivity contribution in [3.63, 3.8) is 0 Å². The predicted octanol–water partition coefficient (Wildman–Crippen LogP) is -0.456. The Hall–Kier alpha value is -0.160. The second-order valence-corrected chi connectivity index (χ2v) is 2.15. The minimum atomic E-state index is -0.333. The number of hydroxylamine groups is 2. The SMILES string of the molecule is COON1CC1C(C)O. The lowest BCUT2D eigenvalue weighted by molar-refractivity contribution is -0.378. The summed E-state index contributed by atoms with van der Waals surface area (Å²) in [5.74, 6) is 0. The molecule has 0 amide bonds. The summed E-state index contributed by atoms with van der Waals surface area (Å²) in [6.45, 7) is 2.48. The Bertz CT molecular complexity index is 96.2. The highest BCUT2D eigenvalue weighted by Crippen LogP contribution is 2.20. The van der Waals surface area contributed by atoms with Gasteiger partial charge in [0.1, 0.15) is 0 Å². The standard InChI is InChI=1S/C5H11NO3/c1-4(7)5-3-6(5)9-8-2/h4-5,7H,3H2,1-2H3. The molecular formula is C5H11NO3. The van der Waals surface area contributed by atoms with Gasteiger partial charge in [-0.15, -0.1) is 10.1 Å². The van der Waals surface area contributed by atoms with Crippen molar-refractivity contribution in [2.24, 2.45) is 0 Å². The van der Waals surface area contributed by atoms with Crippen LogP contribution in [0.2, 0.25) is 0 Å². The van der Waals surface area contributed by atoms with Gasteiger partial charge < -0.3 is 5.11 Å².